The van der Waals surface area contributed by atoms with Crippen LogP contribution in [0.4, 0.5) is 8.78 Å². The molecule has 0 unspecified atom stereocenters. The summed E-state index contributed by atoms with van der Waals surface area (Å²) in [7, 11) is 0. The van der Waals surface area contributed by atoms with E-state index < -0.39 is 11.8 Å². The maximum absolute atomic E-state index is 13.0. The van der Waals surface area contributed by atoms with E-state index in [2.05, 4.69) is 9.47 Å². The molecular weight excluding hydrogens is 228 g/mol. The number of rotatable bonds is 1. The van der Waals surface area contributed by atoms with Gasteiger partial charge in [0.15, 0.2) is 11.5 Å². The van der Waals surface area contributed by atoms with Crippen molar-refractivity contribution in [3.8, 4) is 11.5 Å². The molecule has 3 rings (SSSR count). The lowest BCUT2D eigenvalue weighted by Gasteiger charge is -2.25. The first kappa shape index (κ1) is 10.8. The third-order valence-electron chi connectivity index (χ3n) is 3.46. The van der Waals surface area contributed by atoms with Crippen LogP contribution in [0.5, 0.6) is 11.5 Å². The first-order valence-electron chi connectivity index (χ1n) is 5.68. The number of hydrogen-bond donors (Lipinski definition) is 1. The lowest BCUT2D eigenvalue weighted by molar-refractivity contribution is -0.287. The Bertz CT molecular complexity index is 456. The smallest absolute Gasteiger partial charge is 0.395 e. The van der Waals surface area contributed by atoms with Gasteiger partial charge in [0.2, 0.25) is 0 Å². The van der Waals surface area contributed by atoms with Crippen LogP contribution in [0.25, 0.3) is 0 Å². The predicted molar refractivity (Wildman–Crippen MR) is 57.0 cm³/mol. The average molecular weight is 241 g/mol. The van der Waals surface area contributed by atoms with Crippen molar-refractivity contribution in [2.75, 3.05) is 0 Å². The van der Waals surface area contributed by atoms with Crippen LogP contribution < -0.4 is 15.2 Å². The van der Waals surface area contributed by atoms with Gasteiger partial charge >= 0.3 is 6.29 Å². The highest BCUT2D eigenvalue weighted by atomic mass is 19.3. The number of para-hydroxylation sites is 1. The van der Waals surface area contributed by atoms with E-state index in [0.717, 1.165) is 25.7 Å². The van der Waals surface area contributed by atoms with E-state index in [1.807, 2.05) is 0 Å². The van der Waals surface area contributed by atoms with Gasteiger partial charge < -0.3 is 15.2 Å². The van der Waals surface area contributed by atoms with Crippen molar-refractivity contribution >= 4 is 0 Å². The van der Waals surface area contributed by atoms with E-state index in [0.29, 0.717) is 5.56 Å². The molecule has 0 bridgehead atoms. The third kappa shape index (κ3) is 1.65. The van der Waals surface area contributed by atoms with Gasteiger partial charge in [0.25, 0.3) is 0 Å². The van der Waals surface area contributed by atoms with Gasteiger partial charge in [0.05, 0.1) is 0 Å². The number of fused-ring (bicyclic) bond motifs is 1. The lowest BCUT2D eigenvalue weighted by Crippen LogP contribution is -2.34. The molecule has 1 aromatic rings. The van der Waals surface area contributed by atoms with Gasteiger partial charge in [-0.1, -0.05) is 25.0 Å². The summed E-state index contributed by atoms with van der Waals surface area (Å²) in [5.41, 5.74) is 6.33. The van der Waals surface area contributed by atoms with Crippen molar-refractivity contribution in [3.63, 3.8) is 0 Å². The van der Waals surface area contributed by atoms with Gasteiger partial charge in [-0.3, -0.25) is 0 Å². The molecular formula is C12H13F2NO2. The second-order valence-corrected chi connectivity index (χ2v) is 4.66. The summed E-state index contributed by atoms with van der Waals surface area (Å²) in [5.74, 6) is 0.172. The fourth-order valence-electron chi connectivity index (χ4n) is 2.64. The number of benzene rings is 1. The molecule has 0 spiro atoms. The van der Waals surface area contributed by atoms with Gasteiger partial charge in [-0.05, 0) is 18.9 Å². The number of ether oxygens (including phenoxy) is 2. The number of alkyl halides is 2. The molecule has 17 heavy (non-hydrogen) atoms. The van der Waals surface area contributed by atoms with Crippen molar-refractivity contribution in [3.05, 3.63) is 23.8 Å². The summed E-state index contributed by atoms with van der Waals surface area (Å²) in [6, 6.07) is 4.89. The van der Waals surface area contributed by atoms with Crippen LogP contribution in [0.15, 0.2) is 18.2 Å². The van der Waals surface area contributed by atoms with Crippen LogP contribution in [0.3, 0.4) is 0 Å². The molecule has 0 atom stereocenters. The number of hydrogen-bond acceptors (Lipinski definition) is 3. The summed E-state index contributed by atoms with van der Waals surface area (Å²) in [4.78, 5) is 0. The standard InChI is InChI=1S/C12H13F2NO2/c13-12(14)16-9-5-3-4-8(10(9)17-12)11(15)6-1-2-7-11/h3-5H,1-2,6-7,15H2. The van der Waals surface area contributed by atoms with E-state index in [1.54, 1.807) is 12.1 Å². The van der Waals surface area contributed by atoms with Gasteiger partial charge in [-0.25, -0.2) is 0 Å². The Morgan fingerprint density at radius 2 is 1.82 bits per heavy atom. The zero-order valence-corrected chi connectivity index (χ0v) is 9.21. The summed E-state index contributed by atoms with van der Waals surface area (Å²) >= 11 is 0. The van der Waals surface area contributed by atoms with Crippen molar-refractivity contribution in [1.82, 2.24) is 0 Å². The topological polar surface area (TPSA) is 44.5 Å². The monoisotopic (exact) mass is 241 g/mol. The van der Waals surface area contributed by atoms with Gasteiger partial charge in [-0.2, -0.15) is 0 Å². The molecule has 1 aromatic carbocycles. The molecule has 0 amide bonds. The maximum Gasteiger partial charge on any atom is 0.586 e. The normalized spacial score (nSPS) is 23.9. The summed E-state index contributed by atoms with van der Waals surface area (Å²) in [6.07, 6.45) is 0.0268. The van der Waals surface area contributed by atoms with Crippen LogP contribution in [-0.2, 0) is 5.54 Å². The van der Waals surface area contributed by atoms with E-state index in [-0.39, 0.29) is 11.5 Å². The van der Waals surface area contributed by atoms with Crippen LogP contribution in [0, 0.1) is 0 Å². The average Bonchev–Trinajstić information content (AvgIpc) is 2.79. The second kappa shape index (κ2) is 3.32. The Balaban J connectivity index is 2.06. The molecule has 2 aliphatic rings. The summed E-state index contributed by atoms with van der Waals surface area (Å²) < 4.78 is 35.1. The molecule has 5 heteroatoms. The minimum Gasteiger partial charge on any atom is -0.395 e. The van der Waals surface area contributed by atoms with Crippen molar-refractivity contribution in [1.29, 1.82) is 0 Å². The molecule has 1 saturated carbocycles. The molecule has 1 aliphatic carbocycles. The number of halogens is 2. The molecule has 3 nitrogen and oxygen atoms in total. The molecule has 92 valence electrons. The highest BCUT2D eigenvalue weighted by Crippen LogP contribution is 2.49. The van der Waals surface area contributed by atoms with Gasteiger partial charge in [0, 0.05) is 11.1 Å². The molecule has 0 saturated heterocycles. The van der Waals surface area contributed by atoms with Crippen LogP contribution in [0.2, 0.25) is 0 Å². The van der Waals surface area contributed by atoms with Crippen LogP contribution in [0.1, 0.15) is 31.2 Å². The molecule has 1 fully saturated rings. The third-order valence-corrected chi connectivity index (χ3v) is 3.46. The zero-order chi connectivity index (χ0) is 12.1. The molecule has 2 N–H and O–H groups in total. The minimum absolute atomic E-state index is 0.0734. The Hall–Kier alpha value is -1.36. The first-order chi connectivity index (χ1) is 8.00. The zero-order valence-electron chi connectivity index (χ0n) is 9.21. The Morgan fingerprint density at radius 3 is 2.53 bits per heavy atom. The quantitative estimate of drug-likeness (QED) is 0.822. The number of nitrogens with two attached hydrogens (primary N) is 1. The highest BCUT2D eigenvalue weighted by molar-refractivity contribution is 5.52. The first-order valence-corrected chi connectivity index (χ1v) is 5.68. The fraction of sp³-hybridized carbons (Fsp3) is 0.500. The molecule has 0 aromatic heterocycles. The fourth-order valence-corrected chi connectivity index (χ4v) is 2.64. The van der Waals surface area contributed by atoms with Gasteiger partial charge in [-0.15, -0.1) is 8.78 Å². The Morgan fingerprint density at radius 1 is 1.12 bits per heavy atom. The lowest BCUT2D eigenvalue weighted by atomic mass is 9.88. The van der Waals surface area contributed by atoms with Crippen molar-refractivity contribution < 1.29 is 18.3 Å². The van der Waals surface area contributed by atoms with Crippen molar-refractivity contribution in [2.45, 2.75) is 37.5 Å². The highest BCUT2D eigenvalue weighted by Gasteiger charge is 2.47. The molecule has 1 aliphatic heterocycles. The molecule has 1 heterocycles. The summed E-state index contributed by atoms with van der Waals surface area (Å²) in [6.45, 7) is 0. The van der Waals surface area contributed by atoms with Crippen LogP contribution >= 0.6 is 0 Å². The van der Waals surface area contributed by atoms with E-state index in [9.17, 15) is 8.78 Å². The minimum atomic E-state index is -3.58. The van der Waals surface area contributed by atoms with Crippen LogP contribution in [-0.4, -0.2) is 6.29 Å². The predicted octanol–water partition coefficient (Wildman–Crippen LogP) is 2.74. The maximum atomic E-state index is 13.0. The summed E-state index contributed by atoms with van der Waals surface area (Å²) in [5, 5.41) is 0. The molecule has 0 radical (unpaired) electrons. The largest absolute Gasteiger partial charge is 0.586 e. The SMILES string of the molecule is NC1(c2cccc3c2OC(F)(F)O3)CCCC1. The Kier molecular flexibility index (Phi) is 2.10. The Labute approximate surface area is 97.5 Å². The van der Waals surface area contributed by atoms with Gasteiger partial charge in [0.1, 0.15) is 0 Å². The van der Waals surface area contributed by atoms with E-state index in [1.165, 1.54) is 6.07 Å². The van der Waals surface area contributed by atoms with Crippen molar-refractivity contribution in [2.24, 2.45) is 5.73 Å². The second-order valence-electron chi connectivity index (χ2n) is 4.66. The van der Waals surface area contributed by atoms with E-state index >= 15 is 0 Å². The van der Waals surface area contributed by atoms with E-state index in [4.69, 9.17) is 5.73 Å².